The van der Waals surface area contributed by atoms with E-state index in [0.29, 0.717) is 18.3 Å². The van der Waals surface area contributed by atoms with Gasteiger partial charge in [-0.2, -0.15) is 0 Å². The highest BCUT2D eigenvalue weighted by atomic mass is 35.5. The van der Waals surface area contributed by atoms with Crippen LogP contribution in [-0.4, -0.2) is 43.0 Å². The predicted molar refractivity (Wildman–Crippen MR) is 73.9 cm³/mol. The largest absolute Gasteiger partial charge is 0.324 e. The number of nitrogens with one attached hydrogen (secondary N) is 2. The van der Waals surface area contributed by atoms with Crippen molar-refractivity contribution >= 4 is 23.2 Å². The minimum Gasteiger partial charge on any atom is -0.324 e. The summed E-state index contributed by atoms with van der Waals surface area (Å²) in [5, 5.41) is 6.09. The van der Waals surface area contributed by atoms with E-state index in [9.17, 15) is 9.18 Å². The van der Waals surface area contributed by atoms with Gasteiger partial charge < -0.3 is 10.6 Å². The normalized spacial score (nSPS) is 15.4. The van der Waals surface area contributed by atoms with Crippen molar-refractivity contribution in [3.63, 3.8) is 0 Å². The fourth-order valence-corrected chi connectivity index (χ4v) is 2.21. The van der Waals surface area contributed by atoms with E-state index < -0.39 is 5.82 Å². The van der Waals surface area contributed by atoms with Crippen LogP contribution in [-0.2, 0) is 4.79 Å². The molecule has 0 aromatic heterocycles. The van der Waals surface area contributed by atoms with Crippen molar-refractivity contribution in [2.75, 3.05) is 31.5 Å². The second-order valence-electron chi connectivity index (χ2n) is 4.55. The molecule has 1 aliphatic heterocycles. The van der Waals surface area contributed by atoms with Gasteiger partial charge in [0.1, 0.15) is 5.82 Å². The van der Waals surface area contributed by atoms with Crippen LogP contribution in [0.25, 0.3) is 0 Å². The van der Waals surface area contributed by atoms with Crippen molar-refractivity contribution in [2.45, 2.75) is 13.0 Å². The van der Waals surface area contributed by atoms with Crippen molar-refractivity contribution < 1.29 is 9.18 Å². The molecule has 1 fully saturated rings. The zero-order valence-corrected chi connectivity index (χ0v) is 11.5. The first-order chi connectivity index (χ1) is 9.10. The Kier molecular flexibility index (Phi) is 4.74. The third-order valence-electron chi connectivity index (χ3n) is 3.23. The highest BCUT2D eigenvalue weighted by molar-refractivity contribution is 6.33. The summed E-state index contributed by atoms with van der Waals surface area (Å²) in [5.74, 6) is -0.555. The summed E-state index contributed by atoms with van der Waals surface area (Å²) in [7, 11) is 0. The lowest BCUT2D eigenvalue weighted by atomic mass is 10.1. The first-order valence-corrected chi connectivity index (χ1v) is 6.67. The number of carbonyl (C=O) groups excluding carboxylic acids is 1. The zero-order chi connectivity index (χ0) is 13.8. The summed E-state index contributed by atoms with van der Waals surface area (Å²) in [6.07, 6.45) is 0. The molecule has 0 unspecified atom stereocenters. The second kappa shape index (κ2) is 6.32. The maximum Gasteiger partial charge on any atom is 0.238 e. The number of likely N-dealkylation sites (N-methyl/N-ethyl adjacent to an activating group) is 1. The van der Waals surface area contributed by atoms with Crippen LogP contribution in [0.2, 0.25) is 5.02 Å². The number of rotatable bonds is 5. The van der Waals surface area contributed by atoms with E-state index in [2.05, 4.69) is 15.5 Å². The molecule has 1 aromatic rings. The Morgan fingerprint density at radius 1 is 1.58 bits per heavy atom. The summed E-state index contributed by atoms with van der Waals surface area (Å²) in [6.45, 7) is 4.99. The Labute approximate surface area is 116 Å². The van der Waals surface area contributed by atoms with Gasteiger partial charge in [-0.1, -0.05) is 18.5 Å². The molecule has 1 aliphatic rings. The third-order valence-corrected chi connectivity index (χ3v) is 3.55. The van der Waals surface area contributed by atoms with Gasteiger partial charge in [0, 0.05) is 19.1 Å². The first-order valence-electron chi connectivity index (χ1n) is 6.30. The minimum absolute atomic E-state index is 0.137. The molecular weight excluding hydrogens is 269 g/mol. The van der Waals surface area contributed by atoms with Crippen molar-refractivity contribution in [2.24, 2.45) is 0 Å². The van der Waals surface area contributed by atoms with Gasteiger partial charge in [0.15, 0.2) is 0 Å². The standard InChI is InChI=1S/C13H17ClFN3O/c1-2-18(10-6-16-7-10)8-13(19)17-12-4-3-9(15)5-11(12)14/h3-5,10,16H,2,6-8H2,1H3,(H,17,19). The molecule has 0 aliphatic carbocycles. The number of anilines is 1. The number of hydrogen-bond donors (Lipinski definition) is 2. The number of benzene rings is 1. The predicted octanol–water partition coefficient (Wildman–Crippen LogP) is 1.71. The minimum atomic E-state index is -0.418. The van der Waals surface area contributed by atoms with Gasteiger partial charge in [-0.05, 0) is 24.7 Å². The lowest BCUT2D eigenvalue weighted by molar-refractivity contribution is -0.118. The van der Waals surface area contributed by atoms with Crippen LogP contribution in [0.1, 0.15) is 6.92 Å². The number of halogens is 2. The molecular formula is C13H17ClFN3O. The van der Waals surface area contributed by atoms with Gasteiger partial charge in [0.2, 0.25) is 5.91 Å². The van der Waals surface area contributed by atoms with Crippen molar-refractivity contribution in [3.8, 4) is 0 Å². The van der Waals surface area contributed by atoms with Gasteiger partial charge >= 0.3 is 0 Å². The van der Waals surface area contributed by atoms with Crippen LogP contribution < -0.4 is 10.6 Å². The third kappa shape index (κ3) is 3.65. The lowest BCUT2D eigenvalue weighted by Crippen LogP contribution is -2.58. The molecule has 2 rings (SSSR count). The molecule has 1 heterocycles. The van der Waals surface area contributed by atoms with Crippen LogP contribution in [0.5, 0.6) is 0 Å². The van der Waals surface area contributed by atoms with Gasteiger partial charge in [-0.15, -0.1) is 0 Å². The Bertz CT molecular complexity index is 465. The maximum absolute atomic E-state index is 12.9. The average Bonchev–Trinajstić information content (AvgIpc) is 2.29. The Morgan fingerprint density at radius 3 is 2.84 bits per heavy atom. The molecule has 1 saturated heterocycles. The van der Waals surface area contributed by atoms with Crippen LogP contribution in [0.4, 0.5) is 10.1 Å². The van der Waals surface area contributed by atoms with Crippen molar-refractivity contribution in [1.82, 2.24) is 10.2 Å². The summed E-state index contributed by atoms with van der Waals surface area (Å²) in [5.41, 5.74) is 0.441. The highest BCUT2D eigenvalue weighted by Gasteiger charge is 2.24. The topological polar surface area (TPSA) is 44.4 Å². The number of amides is 1. The molecule has 4 nitrogen and oxygen atoms in total. The van der Waals surface area contributed by atoms with Crippen LogP contribution >= 0.6 is 11.6 Å². The molecule has 0 bridgehead atoms. The molecule has 2 N–H and O–H groups in total. The molecule has 104 valence electrons. The number of hydrogen-bond acceptors (Lipinski definition) is 3. The molecule has 0 saturated carbocycles. The zero-order valence-electron chi connectivity index (χ0n) is 10.7. The Hall–Kier alpha value is -1.17. The monoisotopic (exact) mass is 285 g/mol. The van der Waals surface area contributed by atoms with E-state index in [1.165, 1.54) is 18.2 Å². The summed E-state index contributed by atoms with van der Waals surface area (Å²) >= 11 is 5.87. The highest BCUT2D eigenvalue weighted by Crippen LogP contribution is 2.22. The van der Waals surface area contributed by atoms with Gasteiger partial charge in [-0.3, -0.25) is 9.69 Å². The van der Waals surface area contributed by atoms with E-state index in [-0.39, 0.29) is 10.9 Å². The quantitative estimate of drug-likeness (QED) is 0.866. The SMILES string of the molecule is CCN(CC(=O)Nc1ccc(F)cc1Cl)C1CNC1. The van der Waals surface area contributed by atoms with E-state index in [0.717, 1.165) is 19.6 Å². The van der Waals surface area contributed by atoms with Crippen molar-refractivity contribution in [1.29, 1.82) is 0 Å². The van der Waals surface area contributed by atoms with Crippen LogP contribution in [0.15, 0.2) is 18.2 Å². The first kappa shape index (κ1) is 14.2. The molecule has 0 radical (unpaired) electrons. The van der Waals surface area contributed by atoms with Gasteiger partial charge in [-0.25, -0.2) is 4.39 Å². The smallest absolute Gasteiger partial charge is 0.238 e. The van der Waals surface area contributed by atoms with Gasteiger partial charge in [0.25, 0.3) is 0 Å². The Morgan fingerprint density at radius 2 is 2.32 bits per heavy atom. The molecule has 0 spiro atoms. The van der Waals surface area contributed by atoms with Crippen LogP contribution in [0, 0.1) is 5.82 Å². The summed E-state index contributed by atoms with van der Waals surface area (Å²) in [6, 6.07) is 4.34. The summed E-state index contributed by atoms with van der Waals surface area (Å²) in [4.78, 5) is 14.0. The fourth-order valence-electron chi connectivity index (χ4n) is 2.00. The lowest BCUT2D eigenvalue weighted by Gasteiger charge is -2.37. The molecule has 1 amide bonds. The average molecular weight is 286 g/mol. The molecule has 1 aromatic carbocycles. The molecule has 19 heavy (non-hydrogen) atoms. The van der Waals surface area contributed by atoms with E-state index in [1.54, 1.807) is 0 Å². The van der Waals surface area contributed by atoms with E-state index in [1.807, 2.05) is 6.92 Å². The summed E-state index contributed by atoms with van der Waals surface area (Å²) < 4.78 is 12.9. The number of carbonyl (C=O) groups is 1. The molecule has 0 atom stereocenters. The second-order valence-corrected chi connectivity index (χ2v) is 4.95. The molecule has 6 heteroatoms. The fraction of sp³-hybridized carbons (Fsp3) is 0.462. The van der Waals surface area contributed by atoms with Crippen LogP contribution in [0.3, 0.4) is 0 Å². The van der Waals surface area contributed by atoms with E-state index >= 15 is 0 Å². The van der Waals surface area contributed by atoms with E-state index in [4.69, 9.17) is 11.6 Å². The maximum atomic E-state index is 12.9. The van der Waals surface area contributed by atoms with Crippen molar-refractivity contribution in [3.05, 3.63) is 29.0 Å². The number of nitrogens with zero attached hydrogens (tertiary/aromatic N) is 1. The Balaban J connectivity index is 1.92. The van der Waals surface area contributed by atoms with Gasteiger partial charge in [0.05, 0.1) is 17.3 Å².